The molecule has 0 aliphatic carbocycles. The summed E-state index contributed by atoms with van der Waals surface area (Å²) in [5, 5.41) is 13.0. The molecule has 0 amide bonds. The van der Waals surface area contributed by atoms with Gasteiger partial charge >= 0.3 is 0 Å². The standard InChI is InChI=1S/C31H21N3O/c35-30-18-6-5-17-29(30)34-20-33(27-15-3-4-16-28(27)34)22-10-7-9-21(19-22)23-12-8-13-25-24-11-1-2-14-26(24)32-31(23)25/h1-19,32,35H. The predicted octanol–water partition coefficient (Wildman–Crippen LogP) is 6.71. The second kappa shape index (κ2) is 7.61. The van der Waals surface area contributed by atoms with Crippen LogP contribution in [0.5, 0.6) is 5.75 Å². The number of phenols is 1. The highest BCUT2D eigenvalue weighted by Crippen LogP contribution is 2.34. The van der Waals surface area contributed by atoms with E-state index in [1.165, 1.54) is 10.8 Å². The molecule has 2 N–H and O–H groups in total. The number of rotatable bonds is 3. The van der Waals surface area contributed by atoms with Crippen LogP contribution in [0.2, 0.25) is 0 Å². The molecule has 7 aromatic rings. The normalized spacial score (nSPS) is 11.5. The Hall–Kier alpha value is -4.83. The molecule has 0 atom stereocenters. The topological polar surface area (TPSA) is 44.8 Å². The summed E-state index contributed by atoms with van der Waals surface area (Å²) in [5.41, 5.74) is 8.23. The Morgan fingerprint density at radius 2 is 1.49 bits per heavy atom. The number of hydrogen-bond donors (Lipinski definition) is 2. The highest BCUT2D eigenvalue weighted by Gasteiger charge is 2.15. The molecule has 0 saturated carbocycles. The second-order valence-electron chi connectivity index (χ2n) is 8.70. The number of aromatic nitrogens is 3. The van der Waals surface area contributed by atoms with Gasteiger partial charge in [-0.05, 0) is 35.9 Å². The maximum Gasteiger partial charge on any atom is 0.269 e. The van der Waals surface area contributed by atoms with E-state index in [0.717, 1.165) is 38.9 Å². The van der Waals surface area contributed by atoms with Crippen molar-refractivity contribution in [3.05, 3.63) is 122 Å². The van der Waals surface area contributed by atoms with Crippen LogP contribution in [0.1, 0.15) is 0 Å². The van der Waals surface area contributed by atoms with Gasteiger partial charge in [-0.3, -0.25) is 9.13 Å². The molecule has 0 aliphatic heterocycles. The number of aromatic amines is 1. The van der Waals surface area contributed by atoms with Crippen molar-refractivity contribution in [1.82, 2.24) is 9.55 Å². The third-order valence-electron chi connectivity index (χ3n) is 6.64. The molecule has 35 heavy (non-hydrogen) atoms. The highest BCUT2D eigenvalue weighted by molar-refractivity contribution is 6.11. The zero-order valence-corrected chi connectivity index (χ0v) is 18.8. The molecule has 7 rings (SSSR count). The number of nitrogens with zero attached hydrogens (tertiary/aromatic N) is 2. The molecule has 5 aromatic carbocycles. The summed E-state index contributed by atoms with van der Waals surface area (Å²) in [6, 6.07) is 38.9. The largest absolute Gasteiger partial charge is 0.511 e. The molecule has 0 spiro atoms. The summed E-state index contributed by atoms with van der Waals surface area (Å²) in [6.45, 7) is 0. The first kappa shape index (κ1) is 19.6. The van der Waals surface area contributed by atoms with Crippen LogP contribution in [0.15, 0.2) is 115 Å². The number of nitrogens with one attached hydrogen (secondary N) is 1. The molecular weight excluding hydrogens is 430 g/mol. The van der Waals surface area contributed by atoms with Gasteiger partial charge in [-0.1, -0.05) is 84.9 Å². The average Bonchev–Trinajstić information content (AvgIpc) is 3.48. The first-order chi connectivity index (χ1) is 17.3. The molecule has 0 aliphatic rings. The smallest absolute Gasteiger partial charge is 0.269 e. The summed E-state index contributed by atoms with van der Waals surface area (Å²) >= 11 is 0. The lowest BCUT2D eigenvalue weighted by Crippen LogP contribution is -2.29. The van der Waals surface area contributed by atoms with Gasteiger partial charge in [0.15, 0.2) is 0 Å². The van der Waals surface area contributed by atoms with E-state index in [4.69, 9.17) is 0 Å². The fourth-order valence-corrected chi connectivity index (χ4v) is 5.01. The van der Waals surface area contributed by atoms with Crippen molar-refractivity contribution < 1.29 is 9.67 Å². The third-order valence-corrected chi connectivity index (χ3v) is 6.64. The van der Waals surface area contributed by atoms with Crippen molar-refractivity contribution >= 4 is 32.8 Å². The van der Waals surface area contributed by atoms with Crippen LogP contribution in [0.4, 0.5) is 0 Å². The Balaban J connectivity index is 1.43. The monoisotopic (exact) mass is 451 g/mol. The minimum absolute atomic E-state index is 0.218. The van der Waals surface area contributed by atoms with Crippen LogP contribution in [0.3, 0.4) is 0 Å². The van der Waals surface area contributed by atoms with Crippen molar-refractivity contribution in [1.29, 1.82) is 0 Å². The second-order valence-corrected chi connectivity index (χ2v) is 8.70. The minimum atomic E-state index is 0.218. The van der Waals surface area contributed by atoms with Crippen molar-refractivity contribution in [2.75, 3.05) is 0 Å². The lowest BCUT2D eigenvalue weighted by atomic mass is 10.0. The quantitative estimate of drug-likeness (QED) is 0.227. The van der Waals surface area contributed by atoms with Crippen LogP contribution < -0.4 is 4.57 Å². The maximum absolute atomic E-state index is 10.5. The Labute approximate surface area is 201 Å². The third kappa shape index (κ3) is 3.04. The zero-order chi connectivity index (χ0) is 23.4. The van der Waals surface area contributed by atoms with Gasteiger partial charge in [0.05, 0.1) is 22.2 Å². The summed E-state index contributed by atoms with van der Waals surface area (Å²) in [4.78, 5) is 3.62. The Morgan fingerprint density at radius 3 is 2.43 bits per heavy atom. The summed E-state index contributed by atoms with van der Waals surface area (Å²) in [7, 11) is 0. The van der Waals surface area contributed by atoms with Gasteiger partial charge in [-0.25, -0.2) is 0 Å². The minimum Gasteiger partial charge on any atom is -0.511 e. The fourth-order valence-electron chi connectivity index (χ4n) is 5.01. The molecule has 4 heteroatoms. The van der Waals surface area contributed by atoms with Crippen molar-refractivity contribution in [2.24, 2.45) is 0 Å². The first-order valence-corrected chi connectivity index (χ1v) is 11.6. The van der Waals surface area contributed by atoms with E-state index in [1.54, 1.807) is 6.07 Å². The number of hydrogen-bond acceptors (Lipinski definition) is 1. The van der Waals surface area contributed by atoms with Crippen LogP contribution in [-0.4, -0.2) is 14.7 Å². The number of fused-ring (bicyclic) bond motifs is 4. The van der Waals surface area contributed by atoms with E-state index in [2.05, 4.69) is 88.7 Å². The van der Waals surface area contributed by atoms with Gasteiger partial charge in [-0.15, -0.1) is 0 Å². The van der Waals surface area contributed by atoms with E-state index < -0.39 is 0 Å². The van der Waals surface area contributed by atoms with Crippen LogP contribution in [0.25, 0.3) is 55.3 Å². The van der Waals surface area contributed by atoms with E-state index in [1.807, 2.05) is 41.0 Å². The number of para-hydroxylation sites is 6. The maximum atomic E-state index is 10.5. The van der Waals surface area contributed by atoms with Crippen molar-refractivity contribution in [3.63, 3.8) is 0 Å². The fraction of sp³-hybridized carbons (Fsp3) is 0. The molecule has 0 saturated heterocycles. The van der Waals surface area contributed by atoms with Crippen LogP contribution in [0, 0.1) is 6.33 Å². The SMILES string of the molecule is Oc1ccccc1-[n+]1[c-]n(-c2cccc(-c3cccc4c3[nH]c3ccccc34)c2)c2ccccc21. The van der Waals surface area contributed by atoms with Crippen LogP contribution in [-0.2, 0) is 0 Å². The van der Waals surface area contributed by atoms with E-state index in [9.17, 15) is 5.11 Å². The van der Waals surface area contributed by atoms with Gasteiger partial charge in [0.2, 0.25) is 0 Å². The van der Waals surface area contributed by atoms with Gasteiger partial charge in [0.25, 0.3) is 6.33 Å². The zero-order valence-electron chi connectivity index (χ0n) is 18.8. The van der Waals surface area contributed by atoms with Gasteiger partial charge < -0.3 is 10.1 Å². The Kier molecular flexibility index (Phi) is 4.26. The van der Waals surface area contributed by atoms with Gasteiger partial charge in [0.1, 0.15) is 11.4 Å². The number of phenolic OH excluding ortho intramolecular Hbond substituents is 1. The van der Waals surface area contributed by atoms with E-state index in [0.29, 0.717) is 5.69 Å². The van der Waals surface area contributed by atoms with E-state index in [-0.39, 0.29) is 5.75 Å². The number of H-pyrrole nitrogens is 1. The summed E-state index contributed by atoms with van der Waals surface area (Å²) in [5.74, 6) is 0.218. The number of aromatic hydroxyl groups is 1. The lowest BCUT2D eigenvalue weighted by molar-refractivity contribution is -0.573. The molecule has 0 radical (unpaired) electrons. The van der Waals surface area contributed by atoms with E-state index >= 15 is 0 Å². The number of imidazole rings is 1. The molecule has 166 valence electrons. The lowest BCUT2D eigenvalue weighted by Gasteiger charge is -2.08. The van der Waals surface area contributed by atoms with Crippen molar-refractivity contribution in [2.45, 2.75) is 0 Å². The molecule has 0 unspecified atom stereocenters. The van der Waals surface area contributed by atoms with Gasteiger partial charge in [0, 0.05) is 21.9 Å². The predicted molar refractivity (Wildman–Crippen MR) is 140 cm³/mol. The average molecular weight is 452 g/mol. The first-order valence-electron chi connectivity index (χ1n) is 11.6. The van der Waals surface area contributed by atoms with Gasteiger partial charge in [-0.2, -0.15) is 0 Å². The molecule has 2 heterocycles. The molecule has 0 bridgehead atoms. The Bertz CT molecular complexity index is 1880. The highest BCUT2D eigenvalue weighted by atomic mass is 16.3. The van der Waals surface area contributed by atoms with Crippen LogP contribution >= 0.6 is 0 Å². The molecule has 0 fully saturated rings. The molecule has 2 aromatic heterocycles. The summed E-state index contributed by atoms with van der Waals surface area (Å²) in [6.07, 6.45) is 3.47. The van der Waals surface area contributed by atoms with Crippen molar-refractivity contribution in [3.8, 4) is 28.3 Å². The Morgan fingerprint density at radius 1 is 0.714 bits per heavy atom. The number of benzene rings is 5. The molecular formula is C31H21N3O. The summed E-state index contributed by atoms with van der Waals surface area (Å²) < 4.78 is 3.96. The molecule has 4 nitrogen and oxygen atoms in total.